The third-order valence-electron chi connectivity index (χ3n) is 3.58. The molecule has 0 radical (unpaired) electrons. The van der Waals surface area contributed by atoms with E-state index in [0.717, 1.165) is 12.5 Å². The van der Waals surface area contributed by atoms with Crippen LogP contribution in [0, 0.1) is 15.9 Å². The van der Waals surface area contributed by atoms with E-state index in [0.29, 0.717) is 12.8 Å². The molecule has 5 nitrogen and oxygen atoms in total. The van der Waals surface area contributed by atoms with E-state index >= 15 is 0 Å². The Morgan fingerprint density at radius 3 is 2.45 bits per heavy atom. The Labute approximate surface area is 134 Å². The summed E-state index contributed by atoms with van der Waals surface area (Å²) in [6.45, 7) is 3.79. The number of nitro benzene ring substituents is 1. The van der Waals surface area contributed by atoms with E-state index in [9.17, 15) is 19.3 Å². The highest BCUT2D eigenvalue weighted by atomic mass is 35.5. The van der Waals surface area contributed by atoms with E-state index in [1.54, 1.807) is 0 Å². The monoisotopic (exact) mass is 330 g/mol. The SMILES string of the molecule is CCCC(CC)c1c(C(=O)N(C)C)c(Cl)cc(F)c1[N+](=O)[O-]. The topological polar surface area (TPSA) is 63.5 Å². The number of hydrogen-bond acceptors (Lipinski definition) is 3. The zero-order valence-electron chi connectivity index (χ0n) is 13.2. The highest BCUT2D eigenvalue weighted by Gasteiger charge is 2.33. The average molecular weight is 331 g/mol. The van der Waals surface area contributed by atoms with Crippen LogP contribution in [0.1, 0.15) is 54.9 Å². The molecular weight excluding hydrogens is 311 g/mol. The minimum Gasteiger partial charge on any atom is -0.345 e. The largest absolute Gasteiger partial charge is 0.345 e. The lowest BCUT2D eigenvalue weighted by Gasteiger charge is -2.21. The van der Waals surface area contributed by atoms with Gasteiger partial charge in [-0.1, -0.05) is 31.9 Å². The zero-order chi connectivity index (χ0) is 17.0. The number of hydrogen-bond donors (Lipinski definition) is 0. The third kappa shape index (κ3) is 3.55. The Morgan fingerprint density at radius 1 is 1.45 bits per heavy atom. The Hall–Kier alpha value is -1.69. The van der Waals surface area contributed by atoms with Crippen molar-refractivity contribution in [2.75, 3.05) is 14.1 Å². The summed E-state index contributed by atoms with van der Waals surface area (Å²) in [5.41, 5.74) is -0.506. The number of nitrogens with zero attached hydrogens (tertiary/aromatic N) is 2. The van der Waals surface area contributed by atoms with Gasteiger partial charge in [0.05, 0.1) is 21.1 Å². The molecule has 0 aromatic heterocycles. The molecule has 1 aromatic rings. The Kier molecular flexibility index (Phi) is 6.29. The molecule has 22 heavy (non-hydrogen) atoms. The van der Waals surface area contributed by atoms with Gasteiger partial charge in [-0.3, -0.25) is 14.9 Å². The summed E-state index contributed by atoms with van der Waals surface area (Å²) >= 11 is 6.04. The van der Waals surface area contributed by atoms with Crippen molar-refractivity contribution in [1.29, 1.82) is 0 Å². The quantitative estimate of drug-likeness (QED) is 0.574. The van der Waals surface area contributed by atoms with Crippen LogP contribution in [0.5, 0.6) is 0 Å². The first-order chi connectivity index (χ1) is 10.3. The van der Waals surface area contributed by atoms with Gasteiger partial charge >= 0.3 is 5.69 Å². The lowest BCUT2D eigenvalue weighted by atomic mass is 9.86. The van der Waals surface area contributed by atoms with Crippen molar-refractivity contribution in [2.45, 2.75) is 39.0 Å². The molecule has 1 rings (SSSR count). The van der Waals surface area contributed by atoms with Crippen LogP contribution < -0.4 is 0 Å². The fourth-order valence-corrected chi connectivity index (χ4v) is 2.83. The van der Waals surface area contributed by atoms with Gasteiger partial charge in [0, 0.05) is 20.2 Å². The maximum Gasteiger partial charge on any atom is 0.309 e. The maximum absolute atomic E-state index is 14.1. The zero-order valence-corrected chi connectivity index (χ0v) is 13.9. The third-order valence-corrected chi connectivity index (χ3v) is 3.88. The molecular formula is C15H20ClFN2O3. The van der Waals surface area contributed by atoms with Crippen molar-refractivity contribution in [3.8, 4) is 0 Å². The summed E-state index contributed by atoms with van der Waals surface area (Å²) in [6.07, 6.45) is 1.94. The van der Waals surface area contributed by atoms with Gasteiger partial charge in [-0.25, -0.2) is 0 Å². The van der Waals surface area contributed by atoms with Gasteiger partial charge in [0.25, 0.3) is 5.91 Å². The van der Waals surface area contributed by atoms with E-state index in [-0.39, 0.29) is 22.1 Å². The molecule has 0 bridgehead atoms. The van der Waals surface area contributed by atoms with Crippen LogP contribution >= 0.6 is 11.6 Å². The van der Waals surface area contributed by atoms with E-state index in [2.05, 4.69) is 0 Å². The lowest BCUT2D eigenvalue weighted by Crippen LogP contribution is -2.25. The average Bonchev–Trinajstić information content (AvgIpc) is 2.42. The minimum absolute atomic E-state index is 0.0278. The van der Waals surface area contributed by atoms with Gasteiger partial charge < -0.3 is 4.90 Å². The number of carbonyl (C=O) groups is 1. The molecule has 1 unspecified atom stereocenters. The molecule has 1 aromatic carbocycles. The fraction of sp³-hybridized carbons (Fsp3) is 0.533. The van der Waals surface area contributed by atoms with Crippen LogP contribution in [0.25, 0.3) is 0 Å². The second kappa shape index (κ2) is 7.54. The van der Waals surface area contributed by atoms with Gasteiger partial charge in [0.2, 0.25) is 5.82 Å². The predicted octanol–water partition coefficient (Wildman–Crippen LogP) is 4.38. The number of rotatable bonds is 6. The second-order valence-corrected chi connectivity index (χ2v) is 5.74. The molecule has 0 saturated carbocycles. The summed E-state index contributed by atoms with van der Waals surface area (Å²) in [5, 5.41) is 11.2. The van der Waals surface area contributed by atoms with Gasteiger partial charge in [-0.15, -0.1) is 0 Å². The highest BCUT2D eigenvalue weighted by Crippen LogP contribution is 2.40. The highest BCUT2D eigenvalue weighted by molar-refractivity contribution is 6.34. The van der Waals surface area contributed by atoms with Gasteiger partial charge in [-0.05, 0) is 18.8 Å². The van der Waals surface area contributed by atoms with Gasteiger partial charge in [0.15, 0.2) is 0 Å². The van der Waals surface area contributed by atoms with Crippen molar-refractivity contribution in [2.24, 2.45) is 0 Å². The molecule has 0 aliphatic carbocycles. The molecule has 122 valence electrons. The first-order valence-corrected chi connectivity index (χ1v) is 7.51. The Balaban J connectivity index is 3.77. The van der Waals surface area contributed by atoms with Crippen molar-refractivity contribution >= 4 is 23.2 Å². The van der Waals surface area contributed by atoms with Gasteiger partial charge in [-0.2, -0.15) is 4.39 Å². The molecule has 0 fully saturated rings. The molecule has 0 N–H and O–H groups in total. The molecule has 0 aliphatic heterocycles. The van der Waals surface area contributed by atoms with Crippen molar-refractivity contribution < 1.29 is 14.1 Å². The first-order valence-electron chi connectivity index (χ1n) is 7.14. The number of halogens is 2. The summed E-state index contributed by atoms with van der Waals surface area (Å²) in [5.74, 6) is -1.76. The van der Waals surface area contributed by atoms with E-state index in [4.69, 9.17) is 11.6 Å². The van der Waals surface area contributed by atoms with E-state index in [1.165, 1.54) is 19.0 Å². The van der Waals surface area contributed by atoms with Crippen molar-refractivity contribution in [1.82, 2.24) is 4.90 Å². The van der Waals surface area contributed by atoms with Crippen LogP contribution in [0.2, 0.25) is 5.02 Å². The number of benzene rings is 1. The van der Waals surface area contributed by atoms with Gasteiger partial charge in [0.1, 0.15) is 0 Å². The maximum atomic E-state index is 14.1. The number of amides is 1. The Bertz CT molecular complexity index is 591. The fourth-order valence-electron chi connectivity index (χ4n) is 2.55. The van der Waals surface area contributed by atoms with E-state index in [1.807, 2.05) is 13.8 Å². The summed E-state index contributed by atoms with van der Waals surface area (Å²) < 4.78 is 14.1. The lowest BCUT2D eigenvalue weighted by molar-refractivity contribution is -0.388. The smallest absolute Gasteiger partial charge is 0.309 e. The second-order valence-electron chi connectivity index (χ2n) is 5.33. The number of nitro groups is 1. The summed E-state index contributed by atoms with van der Waals surface area (Å²) in [7, 11) is 3.05. The molecule has 1 atom stereocenters. The molecule has 0 aliphatic rings. The van der Waals surface area contributed by atoms with Crippen LogP contribution in [-0.4, -0.2) is 29.8 Å². The predicted molar refractivity (Wildman–Crippen MR) is 84.0 cm³/mol. The molecule has 7 heteroatoms. The minimum atomic E-state index is -1.00. The van der Waals surface area contributed by atoms with Crippen molar-refractivity contribution in [3.63, 3.8) is 0 Å². The van der Waals surface area contributed by atoms with Crippen LogP contribution in [0.3, 0.4) is 0 Å². The number of carbonyl (C=O) groups excluding carboxylic acids is 1. The summed E-state index contributed by atoms with van der Waals surface area (Å²) in [4.78, 5) is 24.2. The molecule has 0 heterocycles. The summed E-state index contributed by atoms with van der Waals surface area (Å²) in [6, 6.07) is 0.846. The normalized spacial score (nSPS) is 12.1. The standard InChI is InChI=1S/C15H20ClFN2O3/c1-5-7-9(6-2)12-13(15(20)18(3)4)10(16)8-11(17)14(12)19(21)22/h8-9H,5-7H2,1-4H3. The van der Waals surface area contributed by atoms with Crippen LogP contribution in [0.15, 0.2) is 6.07 Å². The van der Waals surface area contributed by atoms with Crippen LogP contribution in [0.4, 0.5) is 10.1 Å². The van der Waals surface area contributed by atoms with E-state index < -0.39 is 22.3 Å². The van der Waals surface area contributed by atoms with Crippen LogP contribution in [-0.2, 0) is 0 Å². The molecule has 0 spiro atoms. The van der Waals surface area contributed by atoms with Crippen molar-refractivity contribution in [3.05, 3.63) is 38.1 Å². The molecule has 1 amide bonds. The Morgan fingerprint density at radius 2 is 2.05 bits per heavy atom. The molecule has 0 saturated heterocycles. The first kappa shape index (κ1) is 18.4.